The summed E-state index contributed by atoms with van der Waals surface area (Å²) in [5, 5.41) is 0. The number of aryl methyl sites for hydroxylation is 1. The van der Waals surface area contributed by atoms with Gasteiger partial charge in [0.2, 0.25) is 0 Å². The molecule has 0 amide bonds. The highest BCUT2D eigenvalue weighted by atomic mass is 16.5. The van der Waals surface area contributed by atoms with Crippen molar-refractivity contribution in [2.24, 2.45) is 0 Å². The molecule has 0 N–H and O–H groups in total. The zero-order valence-electron chi connectivity index (χ0n) is 10.6. The van der Waals surface area contributed by atoms with Crippen LogP contribution in [0.3, 0.4) is 0 Å². The molecule has 1 unspecified atom stereocenters. The smallest absolute Gasteiger partial charge is 0.131 e. The third-order valence-corrected chi connectivity index (χ3v) is 3.03. The maximum absolute atomic E-state index is 11.3. The van der Waals surface area contributed by atoms with Crippen molar-refractivity contribution in [3.05, 3.63) is 65.2 Å². The van der Waals surface area contributed by atoms with Gasteiger partial charge in [-0.3, -0.25) is 0 Å². The molecular formula is C16H16O2. The van der Waals surface area contributed by atoms with Crippen LogP contribution >= 0.6 is 0 Å². The van der Waals surface area contributed by atoms with Crippen molar-refractivity contribution >= 4 is 6.29 Å². The molecule has 0 heterocycles. The van der Waals surface area contributed by atoms with Crippen LogP contribution in [0.4, 0.5) is 0 Å². The van der Waals surface area contributed by atoms with Crippen molar-refractivity contribution in [3.63, 3.8) is 0 Å². The van der Waals surface area contributed by atoms with E-state index in [1.54, 1.807) is 7.11 Å². The van der Waals surface area contributed by atoms with Crippen LogP contribution in [-0.2, 0) is 4.79 Å². The molecule has 0 aliphatic heterocycles. The Morgan fingerprint density at radius 3 is 2.39 bits per heavy atom. The number of aldehydes is 1. The van der Waals surface area contributed by atoms with E-state index in [0.717, 1.165) is 23.2 Å². The van der Waals surface area contributed by atoms with E-state index in [9.17, 15) is 4.79 Å². The first-order valence-electron chi connectivity index (χ1n) is 5.90. The summed E-state index contributed by atoms with van der Waals surface area (Å²) in [6.07, 6.45) is 0.972. The molecule has 0 bridgehead atoms. The standard InChI is InChI=1S/C16H16O2/c1-12-6-8-13(9-7-12)16(11-17)14-4-3-5-15(10-14)18-2/h3-11,16H,1-2H3. The zero-order chi connectivity index (χ0) is 13.0. The molecule has 2 rings (SSSR count). The van der Waals surface area contributed by atoms with Crippen LogP contribution in [0.25, 0.3) is 0 Å². The fraction of sp³-hybridized carbons (Fsp3) is 0.188. The summed E-state index contributed by atoms with van der Waals surface area (Å²) in [5.41, 5.74) is 3.14. The number of carbonyl (C=O) groups is 1. The van der Waals surface area contributed by atoms with E-state index in [-0.39, 0.29) is 5.92 Å². The third kappa shape index (κ3) is 2.59. The van der Waals surface area contributed by atoms with Crippen LogP contribution in [0.2, 0.25) is 0 Å². The summed E-state index contributed by atoms with van der Waals surface area (Å²) in [7, 11) is 1.63. The van der Waals surface area contributed by atoms with Crippen molar-refractivity contribution in [2.75, 3.05) is 7.11 Å². The SMILES string of the molecule is COc1cccc(C(C=O)c2ccc(C)cc2)c1. The molecule has 2 aromatic carbocycles. The monoisotopic (exact) mass is 240 g/mol. The number of hydrogen-bond acceptors (Lipinski definition) is 2. The molecule has 2 heteroatoms. The molecule has 1 atom stereocenters. The highest BCUT2D eigenvalue weighted by Gasteiger charge is 2.13. The second-order valence-corrected chi connectivity index (χ2v) is 4.30. The lowest BCUT2D eigenvalue weighted by molar-refractivity contribution is -0.108. The van der Waals surface area contributed by atoms with Gasteiger partial charge in [-0.25, -0.2) is 0 Å². The minimum Gasteiger partial charge on any atom is -0.497 e. The topological polar surface area (TPSA) is 26.3 Å². The summed E-state index contributed by atoms with van der Waals surface area (Å²) in [4.78, 5) is 11.3. The number of carbonyl (C=O) groups excluding carboxylic acids is 1. The first kappa shape index (κ1) is 12.4. The van der Waals surface area contributed by atoms with Crippen LogP contribution in [0.15, 0.2) is 48.5 Å². The summed E-state index contributed by atoms with van der Waals surface area (Å²) in [6, 6.07) is 15.7. The zero-order valence-corrected chi connectivity index (χ0v) is 10.6. The number of benzene rings is 2. The lowest BCUT2D eigenvalue weighted by Gasteiger charge is -2.12. The second kappa shape index (κ2) is 5.50. The molecule has 92 valence electrons. The molecule has 0 fully saturated rings. The number of hydrogen-bond donors (Lipinski definition) is 0. The molecule has 0 aliphatic rings. The van der Waals surface area contributed by atoms with Crippen molar-refractivity contribution in [2.45, 2.75) is 12.8 Å². The quantitative estimate of drug-likeness (QED) is 0.766. The first-order valence-corrected chi connectivity index (χ1v) is 5.90. The van der Waals surface area contributed by atoms with Crippen LogP contribution in [0, 0.1) is 6.92 Å². The fourth-order valence-corrected chi connectivity index (χ4v) is 1.96. The van der Waals surface area contributed by atoms with Crippen LogP contribution in [0.1, 0.15) is 22.6 Å². The summed E-state index contributed by atoms with van der Waals surface area (Å²) in [6.45, 7) is 2.03. The molecule has 0 saturated heterocycles. The van der Waals surface area contributed by atoms with E-state index in [0.29, 0.717) is 0 Å². The Kier molecular flexibility index (Phi) is 3.78. The van der Waals surface area contributed by atoms with Crippen molar-refractivity contribution < 1.29 is 9.53 Å². The third-order valence-electron chi connectivity index (χ3n) is 3.03. The minimum atomic E-state index is -0.235. The minimum absolute atomic E-state index is 0.235. The fourth-order valence-electron chi connectivity index (χ4n) is 1.96. The molecule has 18 heavy (non-hydrogen) atoms. The molecule has 0 aliphatic carbocycles. The molecule has 2 nitrogen and oxygen atoms in total. The van der Waals surface area contributed by atoms with Crippen LogP contribution in [0.5, 0.6) is 5.75 Å². The van der Waals surface area contributed by atoms with Gasteiger partial charge in [-0.2, -0.15) is 0 Å². The predicted octanol–water partition coefficient (Wildman–Crippen LogP) is 3.33. The largest absolute Gasteiger partial charge is 0.497 e. The van der Waals surface area contributed by atoms with Gasteiger partial charge in [0.1, 0.15) is 12.0 Å². The Labute approximate surface area is 107 Å². The van der Waals surface area contributed by atoms with Gasteiger partial charge in [-0.05, 0) is 30.2 Å². The van der Waals surface area contributed by atoms with Gasteiger partial charge in [0, 0.05) is 0 Å². The van der Waals surface area contributed by atoms with Gasteiger partial charge in [0.25, 0.3) is 0 Å². The Balaban J connectivity index is 2.38. The summed E-state index contributed by atoms with van der Waals surface area (Å²) in [5.74, 6) is 0.534. The van der Waals surface area contributed by atoms with Gasteiger partial charge < -0.3 is 9.53 Å². The van der Waals surface area contributed by atoms with Crippen molar-refractivity contribution in [3.8, 4) is 5.75 Å². The normalized spacial score (nSPS) is 11.9. The Hall–Kier alpha value is -2.09. The Bertz CT molecular complexity index is 529. The molecule has 2 aromatic rings. The van der Waals surface area contributed by atoms with E-state index < -0.39 is 0 Å². The van der Waals surface area contributed by atoms with Gasteiger partial charge in [-0.1, -0.05) is 42.0 Å². The molecule has 0 aromatic heterocycles. The highest BCUT2D eigenvalue weighted by molar-refractivity contribution is 5.68. The molecule has 0 spiro atoms. The van der Waals surface area contributed by atoms with E-state index in [1.807, 2.05) is 55.5 Å². The van der Waals surface area contributed by atoms with Crippen molar-refractivity contribution in [1.29, 1.82) is 0 Å². The van der Waals surface area contributed by atoms with Gasteiger partial charge in [0.05, 0.1) is 13.0 Å². The lowest BCUT2D eigenvalue weighted by atomic mass is 9.92. The maximum atomic E-state index is 11.3. The van der Waals surface area contributed by atoms with E-state index in [1.165, 1.54) is 5.56 Å². The maximum Gasteiger partial charge on any atom is 0.131 e. The number of ether oxygens (including phenoxy) is 1. The van der Waals surface area contributed by atoms with Gasteiger partial charge in [0.15, 0.2) is 0 Å². The van der Waals surface area contributed by atoms with Gasteiger partial charge in [-0.15, -0.1) is 0 Å². The second-order valence-electron chi connectivity index (χ2n) is 4.30. The van der Waals surface area contributed by atoms with Crippen LogP contribution in [-0.4, -0.2) is 13.4 Å². The lowest BCUT2D eigenvalue weighted by Crippen LogP contribution is -2.02. The van der Waals surface area contributed by atoms with E-state index in [2.05, 4.69) is 0 Å². The van der Waals surface area contributed by atoms with E-state index in [4.69, 9.17) is 4.74 Å². The summed E-state index contributed by atoms with van der Waals surface area (Å²) >= 11 is 0. The highest BCUT2D eigenvalue weighted by Crippen LogP contribution is 2.25. The van der Waals surface area contributed by atoms with Gasteiger partial charge >= 0.3 is 0 Å². The number of methoxy groups -OCH3 is 1. The Morgan fingerprint density at radius 1 is 1.06 bits per heavy atom. The first-order chi connectivity index (χ1) is 8.74. The molecule has 0 radical (unpaired) electrons. The predicted molar refractivity (Wildman–Crippen MR) is 72.1 cm³/mol. The average Bonchev–Trinajstić information content (AvgIpc) is 2.42. The van der Waals surface area contributed by atoms with Crippen LogP contribution < -0.4 is 4.74 Å². The van der Waals surface area contributed by atoms with E-state index >= 15 is 0 Å². The average molecular weight is 240 g/mol. The molecule has 0 saturated carbocycles. The van der Waals surface area contributed by atoms with Crippen molar-refractivity contribution in [1.82, 2.24) is 0 Å². The number of rotatable bonds is 4. The summed E-state index contributed by atoms with van der Waals surface area (Å²) < 4.78 is 5.19. The molecular weight excluding hydrogens is 224 g/mol. The Morgan fingerprint density at radius 2 is 1.78 bits per heavy atom.